The van der Waals surface area contributed by atoms with Gasteiger partial charge in [0.25, 0.3) is 0 Å². The van der Waals surface area contributed by atoms with E-state index in [2.05, 4.69) is 5.32 Å². The van der Waals surface area contributed by atoms with Gasteiger partial charge in [-0.05, 0) is 51.8 Å². The Morgan fingerprint density at radius 1 is 1.23 bits per heavy atom. The smallest absolute Gasteiger partial charge is 0.416 e. The van der Waals surface area contributed by atoms with Gasteiger partial charge in [0.2, 0.25) is 5.91 Å². The minimum atomic E-state index is -4.71. The Labute approximate surface area is 176 Å². The van der Waals surface area contributed by atoms with E-state index in [9.17, 15) is 31.9 Å². The van der Waals surface area contributed by atoms with Gasteiger partial charge in [-0.3, -0.25) is 9.59 Å². The monoisotopic (exact) mass is 448 g/mol. The number of nitrogens with one attached hydrogen (secondary N) is 1. The number of alkyl carbamates (subject to hydrolysis) is 1. The van der Waals surface area contributed by atoms with E-state index in [0.29, 0.717) is 18.2 Å². The Kier molecular flexibility index (Phi) is 7.17. The van der Waals surface area contributed by atoms with Crippen LogP contribution in [0.2, 0.25) is 0 Å². The lowest BCUT2D eigenvalue weighted by Gasteiger charge is -2.39. The van der Waals surface area contributed by atoms with Crippen molar-refractivity contribution in [3.63, 3.8) is 0 Å². The highest BCUT2D eigenvalue weighted by Gasteiger charge is 2.38. The van der Waals surface area contributed by atoms with Gasteiger partial charge in [-0.25, -0.2) is 9.18 Å². The number of carboxylic acid groups (broad SMARTS) is 1. The van der Waals surface area contributed by atoms with E-state index in [1.54, 1.807) is 20.8 Å². The summed E-state index contributed by atoms with van der Waals surface area (Å²) in [6.07, 6.45) is -5.79. The first-order chi connectivity index (χ1) is 14.2. The molecule has 1 fully saturated rings. The molecule has 1 aliphatic heterocycles. The molecule has 7 nitrogen and oxygen atoms in total. The molecule has 0 spiro atoms. The van der Waals surface area contributed by atoms with E-state index in [1.807, 2.05) is 0 Å². The highest BCUT2D eigenvalue weighted by atomic mass is 19.4. The summed E-state index contributed by atoms with van der Waals surface area (Å²) in [5, 5.41) is 11.5. The Bertz CT molecular complexity index is 851. The molecule has 2 N–H and O–H groups in total. The number of carbonyl (C=O) groups is 3. The zero-order valence-electron chi connectivity index (χ0n) is 17.3. The molecule has 1 saturated heterocycles. The normalized spacial score (nSPS) is 19.8. The number of halogens is 4. The number of aliphatic carboxylic acids is 1. The van der Waals surface area contributed by atoms with Crippen molar-refractivity contribution < 1.29 is 41.8 Å². The summed E-state index contributed by atoms with van der Waals surface area (Å²) in [6.45, 7) is 4.31. The van der Waals surface area contributed by atoms with Gasteiger partial charge in [0.1, 0.15) is 17.5 Å². The molecule has 31 heavy (non-hydrogen) atoms. The molecule has 0 saturated carbocycles. The van der Waals surface area contributed by atoms with Crippen LogP contribution < -0.4 is 5.32 Å². The number of hydrogen-bond acceptors (Lipinski definition) is 4. The number of carbonyl (C=O) groups excluding carboxylic acids is 2. The van der Waals surface area contributed by atoms with Crippen molar-refractivity contribution in [2.75, 3.05) is 0 Å². The second-order valence-corrected chi connectivity index (χ2v) is 8.30. The number of alkyl halides is 3. The summed E-state index contributed by atoms with van der Waals surface area (Å²) in [4.78, 5) is 37.1. The molecule has 11 heteroatoms. The molecule has 2 amide bonds. The van der Waals surface area contributed by atoms with Crippen molar-refractivity contribution in [2.45, 2.75) is 70.4 Å². The fourth-order valence-electron chi connectivity index (χ4n) is 3.28. The molecule has 172 valence electrons. The summed E-state index contributed by atoms with van der Waals surface area (Å²) in [5.74, 6) is -2.90. The number of rotatable bonds is 5. The average Bonchev–Trinajstić information content (AvgIpc) is 2.59. The average molecular weight is 448 g/mol. The van der Waals surface area contributed by atoms with Crippen LogP contribution in [0.15, 0.2) is 18.2 Å². The molecular weight excluding hydrogens is 424 g/mol. The quantitative estimate of drug-likeness (QED) is 0.670. The number of amides is 2. The van der Waals surface area contributed by atoms with Crippen LogP contribution in [0.5, 0.6) is 0 Å². The molecule has 0 aliphatic carbocycles. The molecule has 1 aliphatic rings. The lowest BCUT2D eigenvalue weighted by Crippen LogP contribution is -2.56. The maximum Gasteiger partial charge on any atom is 0.416 e. The summed E-state index contributed by atoms with van der Waals surface area (Å²) < 4.78 is 58.3. The van der Waals surface area contributed by atoms with E-state index in [4.69, 9.17) is 9.84 Å². The third-order valence-corrected chi connectivity index (χ3v) is 4.63. The van der Waals surface area contributed by atoms with Crippen molar-refractivity contribution in [3.8, 4) is 0 Å². The molecule has 1 aromatic rings. The molecule has 1 heterocycles. The van der Waals surface area contributed by atoms with Gasteiger partial charge >= 0.3 is 18.2 Å². The standard InChI is InChI=1S/C20H24F4N2O5/c1-19(2,3)31-18(30)25-15-7-5-13(9-16(27)28)26(17(15)29)10-11-8-12(20(22,23)24)4-6-14(11)21/h4,6,8,13,15H,5,7,9-10H2,1-3H3,(H,25,30)(H,27,28)/t13-,15+/m0/s1. The van der Waals surface area contributed by atoms with Gasteiger partial charge in [-0.1, -0.05) is 0 Å². The largest absolute Gasteiger partial charge is 0.481 e. The lowest BCUT2D eigenvalue weighted by atomic mass is 9.94. The Hall–Kier alpha value is -2.85. The predicted molar refractivity (Wildman–Crippen MR) is 100 cm³/mol. The van der Waals surface area contributed by atoms with Crippen LogP contribution in [0.3, 0.4) is 0 Å². The van der Waals surface area contributed by atoms with Crippen LogP contribution in [0.25, 0.3) is 0 Å². The van der Waals surface area contributed by atoms with Crippen molar-refractivity contribution in [2.24, 2.45) is 0 Å². The number of nitrogens with zero attached hydrogens (tertiary/aromatic N) is 1. The van der Waals surface area contributed by atoms with Crippen LogP contribution in [0.4, 0.5) is 22.4 Å². The van der Waals surface area contributed by atoms with Crippen LogP contribution >= 0.6 is 0 Å². The number of carboxylic acids is 1. The van der Waals surface area contributed by atoms with E-state index in [0.717, 1.165) is 4.90 Å². The number of piperidine rings is 1. The topological polar surface area (TPSA) is 95.9 Å². The van der Waals surface area contributed by atoms with Crippen LogP contribution in [-0.4, -0.2) is 45.7 Å². The van der Waals surface area contributed by atoms with E-state index < -0.39 is 71.7 Å². The van der Waals surface area contributed by atoms with Gasteiger partial charge < -0.3 is 20.1 Å². The minimum Gasteiger partial charge on any atom is -0.481 e. The zero-order chi connectivity index (χ0) is 23.6. The third-order valence-electron chi connectivity index (χ3n) is 4.63. The minimum absolute atomic E-state index is 0.109. The maximum atomic E-state index is 14.2. The van der Waals surface area contributed by atoms with Gasteiger partial charge in [-0.2, -0.15) is 13.2 Å². The fourth-order valence-corrected chi connectivity index (χ4v) is 3.28. The third kappa shape index (κ3) is 6.83. The highest BCUT2D eigenvalue weighted by Crippen LogP contribution is 2.32. The van der Waals surface area contributed by atoms with Crippen molar-refractivity contribution in [1.29, 1.82) is 0 Å². The second kappa shape index (κ2) is 9.11. The van der Waals surface area contributed by atoms with Gasteiger partial charge in [0.15, 0.2) is 0 Å². The van der Waals surface area contributed by atoms with Crippen molar-refractivity contribution in [3.05, 3.63) is 35.1 Å². The summed E-state index contributed by atoms with van der Waals surface area (Å²) in [6, 6.07) is -0.122. The lowest BCUT2D eigenvalue weighted by molar-refractivity contribution is -0.145. The first kappa shape index (κ1) is 24.4. The zero-order valence-corrected chi connectivity index (χ0v) is 17.3. The summed E-state index contributed by atoms with van der Waals surface area (Å²) in [7, 11) is 0. The second-order valence-electron chi connectivity index (χ2n) is 8.30. The highest BCUT2D eigenvalue weighted by molar-refractivity contribution is 5.87. The molecule has 0 radical (unpaired) electrons. The molecule has 2 atom stereocenters. The van der Waals surface area contributed by atoms with Gasteiger partial charge in [0, 0.05) is 18.2 Å². The molecule has 0 aromatic heterocycles. The maximum absolute atomic E-state index is 14.2. The number of benzene rings is 1. The van der Waals surface area contributed by atoms with E-state index >= 15 is 0 Å². The number of hydrogen-bond donors (Lipinski definition) is 2. The van der Waals surface area contributed by atoms with E-state index in [1.165, 1.54) is 0 Å². The SMILES string of the molecule is CC(C)(C)OC(=O)N[C@@H]1CC[C@@H](CC(=O)O)N(Cc2cc(C(F)(F)F)ccc2F)C1=O. The first-order valence-electron chi connectivity index (χ1n) is 9.55. The fraction of sp³-hybridized carbons (Fsp3) is 0.550. The Balaban J connectivity index is 2.28. The number of ether oxygens (including phenoxy) is 1. The summed E-state index contributed by atoms with van der Waals surface area (Å²) >= 11 is 0. The van der Waals surface area contributed by atoms with E-state index in [-0.39, 0.29) is 12.8 Å². The van der Waals surface area contributed by atoms with Gasteiger partial charge in [0.05, 0.1) is 12.0 Å². The van der Waals surface area contributed by atoms with Crippen molar-refractivity contribution >= 4 is 18.0 Å². The van der Waals surface area contributed by atoms with Gasteiger partial charge in [-0.15, -0.1) is 0 Å². The van der Waals surface area contributed by atoms with Crippen LogP contribution in [0, 0.1) is 5.82 Å². The molecule has 2 rings (SSSR count). The molecule has 0 bridgehead atoms. The van der Waals surface area contributed by atoms with Crippen molar-refractivity contribution in [1.82, 2.24) is 10.2 Å². The van der Waals surface area contributed by atoms with Crippen LogP contribution in [-0.2, 0) is 27.0 Å². The molecular formula is C20H24F4N2O5. The first-order valence-corrected chi connectivity index (χ1v) is 9.55. The van der Waals surface area contributed by atoms with Crippen LogP contribution in [0.1, 0.15) is 51.2 Å². The number of likely N-dealkylation sites (tertiary alicyclic amines) is 1. The Morgan fingerprint density at radius 2 is 1.87 bits per heavy atom. The predicted octanol–water partition coefficient (Wildman–Crippen LogP) is 3.70. The molecule has 0 unspecified atom stereocenters. The Morgan fingerprint density at radius 3 is 2.42 bits per heavy atom. The molecule has 1 aromatic carbocycles. The summed E-state index contributed by atoms with van der Waals surface area (Å²) in [5.41, 5.74) is -2.32.